The summed E-state index contributed by atoms with van der Waals surface area (Å²) in [6.07, 6.45) is 0. The predicted octanol–water partition coefficient (Wildman–Crippen LogP) is -4.75. The van der Waals surface area contributed by atoms with Crippen LogP contribution in [0.1, 0.15) is 1.43 Å². The zero-order chi connectivity index (χ0) is 15.3. The molecule has 0 aliphatic carbocycles. The number of nitrogens with one attached hydrogen (secondary N) is 2. The Kier molecular flexibility index (Phi) is 13.4. The van der Waals surface area contributed by atoms with Crippen LogP contribution in [0.5, 0.6) is 0 Å². The maximum Gasteiger partial charge on any atom is 1.00 e. The first kappa shape index (κ1) is 26.9. The molecule has 9 N–H and O–H groups in total. The molecule has 0 saturated carbocycles. The van der Waals surface area contributed by atoms with Gasteiger partial charge in [-0.3, -0.25) is 9.35 Å². The third kappa shape index (κ3) is 7.88. The van der Waals surface area contributed by atoms with E-state index in [-0.39, 0.29) is 80.1 Å². The van der Waals surface area contributed by atoms with Gasteiger partial charge in [0.05, 0.1) is 4.90 Å². The minimum atomic E-state index is -4.27. The monoisotopic (exact) mass is 372 g/mol. The van der Waals surface area contributed by atoms with Gasteiger partial charge in [0.15, 0.2) is 5.57 Å². The maximum atomic E-state index is 11.3. The molecule has 0 aromatic heterocycles. The van der Waals surface area contributed by atoms with Crippen molar-refractivity contribution in [2.45, 2.75) is 4.90 Å². The number of nitrogens with two attached hydrogens (primary N) is 1. The van der Waals surface area contributed by atoms with Crippen molar-refractivity contribution in [2.24, 2.45) is 5.73 Å². The van der Waals surface area contributed by atoms with Crippen molar-refractivity contribution >= 4 is 21.7 Å². The van der Waals surface area contributed by atoms with E-state index in [2.05, 4.69) is 10.6 Å². The van der Waals surface area contributed by atoms with E-state index in [1.807, 2.05) is 0 Å². The van der Waals surface area contributed by atoms with Crippen LogP contribution in [0.15, 0.2) is 40.6 Å². The van der Waals surface area contributed by atoms with Crippen molar-refractivity contribution in [2.75, 3.05) is 12.4 Å². The number of anilines is 1. The number of carbonyl (C=O) groups is 1. The molecule has 1 rings (SSSR count). The van der Waals surface area contributed by atoms with Gasteiger partial charge in [-0.1, -0.05) is 0 Å². The van der Waals surface area contributed by atoms with Crippen LogP contribution < -0.4 is 67.8 Å². The number of hydrogen-bond donors (Lipinski definition) is 4. The largest absolute Gasteiger partial charge is 1.00 e. The minimum absolute atomic E-state index is 0. The van der Waals surface area contributed by atoms with Crippen LogP contribution in [0.25, 0.3) is 0 Å². The number of nitriles is 1. The fourth-order valence-corrected chi connectivity index (χ4v) is 1.77. The molecule has 1 amide bonds. The molecule has 23 heavy (non-hydrogen) atoms. The van der Waals surface area contributed by atoms with Gasteiger partial charge < -0.3 is 28.7 Å². The molecule has 0 heterocycles. The van der Waals surface area contributed by atoms with Crippen molar-refractivity contribution in [1.29, 1.82) is 5.26 Å². The van der Waals surface area contributed by atoms with E-state index in [1.54, 1.807) is 6.07 Å². The summed E-state index contributed by atoms with van der Waals surface area (Å²) in [5.41, 5.74) is 5.63. The van der Waals surface area contributed by atoms with Crippen LogP contribution in [-0.4, -0.2) is 36.9 Å². The molecule has 0 fully saturated rings. The second-order valence-electron chi connectivity index (χ2n) is 3.60. The fourth-order valence-electron chi connectivity index (χ4n) is 1.29. The van der Waals surface area contributed by atoms with Gasteiger partial charge in [-0.15, -0.1) is 0 Å². The summed E-state index contributed by atoms with van der Waals surface area (Å²) >= 11 is 0. The molecular weight excluding hydrogens is 355 g/mol. The van der Waals surface area contributed by atoms with Crippen LogP contribution in [0, 0.1) is 11.3 Å². The average molecular weight is 372 g/mol. The van der Waals surface area contributed by atoms with Gasteiger partial charge in [0.1, 0.15) is 11.9 Å². The van der Waals surface area contributed by atoms with Gasteiger partial charge in [0.25, 0.3) is 16.0 Å². The van der Waals surface area contributed by atoms with Crippen LogP contribution in [0.3, 0.4) is 0 Å². The fraction of sp³-hybridized carbons (Fsp3) is 0.0909. The molecular formula is C11H17KN4O6S. The second-order valence-corrected chi connectivity index (χ2v) is 5.03. The molecule has 12 heteroatoms. The summed E-state index contributed by atoms with van der Waals surface area (Å²) in [6.45, 7) is 0. The van der Waals surface area contributed by atoms with E-state index in [1.165, 1.54) is 19.2 Å². The molecule has 0 saturated heterocycles. The van der Waals surface area contributed by atoms with Gasteiger partial charge in [-0.25, -0.2) is 0 Å². The van der Waals surface area contributed by atoms with Crippen LogP contribution in [0.4, 0.5) is 5.69 Å². The summed E-state index contributed by atoms with van der Waals surface area (Å²) < 4.78 is 30.5. The Morgan fingerprint density at radius 3 is 2.13 bits per heavy atom. The van der Waals surface area contributed by atoms with Crippen LogP contribution in [-0.2, 0) is 14.9 Å². The molecule has 0 bridgehead atoms. The van der Waals surface area contributed by atoms with Crippen LogP contribution in [0.2, 0.25) is 0 Å². The van der Waals surface area contributed by atoms with Crippen molar-refractivity contribution in [3.05, 3.63) is 35.7 Å². The molecule has 1 aromatic rings. The Morgan fingerprint density at radius 1 is 1.30 bits per heavy atom. The first-order chi connectivity index (χ1) is 9.29. The molecule has 0 aliphatic heterocycles. The van der Waals surface area contributed by atoms with E-state index < -0.39 is 16.0 Å². The average Bonchev–Trinajstić information content (AvgIpc) is 2.38. The molecule has 1 aromatic carbocycles. The van der Waals surface area contributed by atoms with E-state index in [0.717, 1.165) is 12.1 Å². The topological polar surface area (TPSA) is 208 Å². The number of rotatable bonds is 4. The summed E-state index contributed by atoms with van der Waals surface area (Å²) in [4.78, 5) is 11.1. The SMILES string of the molecule is CNC(=O)C(C#N)=C(N)Nc1ccc(S(=O)(=O)O)cc1.O.O.[H-].[K+]. The Morgan fingerprint density at radius 2 is 1.78 bits per heavy atom. The molecule has 0 aliphatic rings. The third-order valence-electron chi connectivity index (χ3n) is 2.27. The van der Waals surface area contributed by atoms with E-state index in [0.29, 0.717) is 5.69 Å². The Bertz CT molecular complexity index is 702. The maximum absolute atomic E-state index is 11.3. The van der Waals surface area contributed by atoms with Crippen molar-refractivity contribution < 1.29 is 81.5 Å². The molecule has 0 radical (unpaired) electrons. The molecule has 10 nitrogen and oxygen atoms in total. The summed E-state index contributed by atoms with van der Waals surface area (Å²) in [5, 5.41) is 13.7. The zero-order valence-corrected chi connectivity index (χ0v) is 16.4. The quantitative estimate of drug-likeness (QED) is 0.175. The van der Waals surface area contributed by atoms with Gasteiger partial charge in [0.2, 0.25) is 0 Å². The number of benzene rings is 1. The second kappa shape index (κ2) is 11.5. The first-order valence-electron chi connectivity index (χ1n) is 5.26. The third-order valence-corrected chi connectivity index (χ3v) is 3.13. The Hall–Kier alpha value is -1.01. The van der Waals surface area contributed by atoms with Crippen molar-refractivity contribution in [3.8, 4) is 6.07 Å². The normalized spacial score (nSPS) is 10.5. The minimum Gasteiger partial charge on any atom is -1.00 e. The van der Waals surface area contributed by atoms with E-state index in [9.17, 15) is 13.2 Å². The van der Waals surface area contributed by atoms with Gasteiger partial charge in [-0.2, -0.15) is 13.7 Å². The standard InChI is InChI=1S/C11H12N4O4S.K.2H2O.H/c1-14-11(16)9(6-12)10(13)15-7-2-4-8(5-3-7)20(17,18)19;;;;/h2-5,15H,13H2,1H3,(H,14,16)(H,17,18,19);;2*1H2;/q;+1;;;-1. The zero-order valence-electron chi connectivity index (χ0n) is 13.4. The first-order valence-corrected chi connectivity index (χ1v) is 6.70. The van der Waals surface area contributed by atoms with E-state index in [4.69, 9.17) is 15.5 Å². The smallest absolute Gasteiger partial charge is 1.00 e. The van der Waals surface area contributed by atoms with Crippen molar-refractivity contribution in [3.63, 3.8) is 0 Å². The summed E-state index contributed by atoms with van der Waals surface area (Å²) in [7, 11) is -2.92. The predicted molar refractivity (Wildman–Crippen MR) is 79.1 cm³/mol. The number of likely N-dealkylation sites (N-methyl/N-ethyl adjacent to an activating group) is 1. The summed E-state index contributed by atoms with van der Waals surface area (Å²) in [6, 6.07) is 6.61. The van der Waals surface area contributed by atoms with Crippen LogP contribution >= 0.6 is 0 Å². The van der Waals surface area contributed by atoms with Gasteiger partial charge in [-0.05, 0) is 24.3 Å². The molecule has 124 valence electrons. The Labute approximate surface area is 177 Å². The van der Waals surface area contributed by atoms with Gasteiger partial charge in [0, 0.05) is 12.7 Å². The number of amides is 1. The van der Waals surface area contributed by atoms with E-state index >= 15 is 0 Å². The number of nitrogens with zero attached hydrogens (tertiary/aromatic N) is 1. The molecule has 0 spiro atoms. The number of carbonyl (C=O) groups excluding carboxylic acids is 1. The van der Waals surface area contributed by atoms with Crippen molar-refractivity contribution in [1.82, 2.24) is 5.32 Å². The summed E-state index contributed by atoms with van der Waals surface area (Å²) in [5.74, 6) is -0.821. The molecule has 0 atom stereocenters. The number of hydrogen-bond acceptors (Lipinski definition) is 6. The van der Waals surface area contributed by atoms with Gasteiger partial charge >= 0.3 is 51.4 Å². The molecule has 0 unspecified atom stereocenters. The Balaban J connectivity index is -0.000000500.